The summed E-state index contributed by atoms with van der Waals surface area (Å²) in [6.07, 6.45) is 2.15. The molecule has 152 valence electrons. The summed E-state index contributed by atoms with van der Waals surface area (Å²) in [5.74, 6) is 1.78. The van der Waals surface area contributed by atoms with Crippen LogP contribution in [0.4, 0.5) is 0 Å². The van der Waals surface area contributed by atoms with E-state index in [2.05, 4.69) is 27.3 Å². The molecule has 1 spiro atoms. The van der Waals surface area contributed by atoms with E-state index < -0.39 is 0 Å². The minimum absolute atomic E-state index is 0.000110. The van der Waals surface area contributed by atoms with Crippen molar-refractivity contribution in [2.75, 3.05) is 39.9 Å². The Labute approximate surface area is 175 Å². The summed E-state index contributed by atoms with van der Waals surface area (Å²) in [5.41, 5.74) is 3.99. The Morgan fingerprint density at radius 1 is 1.14 bits per heavy atom. The van der Waals surface area contributed by atoms with Crippen LogP contribution in [0.3, 0.4) is 0 Å². The molecule has 1 atom stereocenters. The molecule has 2 aromatic carbocycles. The maximum atomic E-state index is 5.94. The molecule has 1 saturated heterocycles. The first-order chi connectivity index (χ1) is 14.2. The smallest absolute Gasteiger partial charge is 0.119 e. The number of hydrogen-bond acceptors (Lipinski definition) is 4. The van der Waals surface area contributed by atoms with Gasteiger partial charge in [-0.1, -0.05) is 11.6 Å². The van der Waals surface area contributed by atoms with E-state index in [1.165, 1.54) is 22.2 Å². The molecule has 0 radical (unpaired) electrons. The molecule has 2 N–H and O–H groups in total. The Hall–Kier alpha value is -2.21. The first-order valence-electron chi connectivity index (χ1n) is 10.2. The van der Waals surface area contributed by atoms with Crippen molar-refractivity contribution >= 4 is 22.5 Å². The Morgan fingerprint density at radius 3 is 2.79 bits per heavy atom. The fourth-order valence-corrected chi connectivity index (χ4v) is 4.91. The van der Waals surface area contributed by atoms with Gasteiger partial charge in [0.1, 0.15) is 18.1 Å². The highest BCUT2D eigenvalue weighted by atomic mass is 35.5. The van der Waals surface area contributed by atoms with Gasteiger partial charge in [-0.05, 0) is 60.9 Å². The van der Waals surface area contributed by atoms with Gasteiger partial charge in [-0.25, -0.2) is 0 Å². The zero-order valence-electron chi connectivity index (χ0n) is 16.6. The molecule has 5 nitrogen and oxygen atoms in total. The number of nitrogens with one attached hydrogen (secondary N) is 2. The van der Waals surface area contributed by atoms with E-state index in [1.807, 2.05) is 30.3 Å². The van der Waals surface area contributed by atoms with Crippen molar-refractivity contribution in [3.63, 3.8) is 0 Å². The Morgan fingerprint density at radius 2 is 1.97 bits per heavy atom. The minimum Gasteiger partial charge on any atom is -0.497 e. The molecule has 0 saturated carbocycles. The lowest BCUT2D eigenvalue weighted by Crippen LogP contribution is -2.49. The van der Waals surface area contributed by atoms with Crippen molar-refractivity contribution in [2.24, 2.45) is 0 Å². The van der Waals surface area contributed by atoms with E-state index >= 15 is 0 Å². The van der Waals surface area contributed by atoms with Crippen molar-refractivity contribution in [3.05, 3.63) is 58.7 Å². The van der Waals surface area contributed by atoms with Gasteiger partial charge in [-0.3, -0.25) is 4.90 Å². The van der Waals surface area contributed by atoms with Crippen LogP contribution in [0.25, 0.3) is 10.9 Å². The predicted octanol–water partition coefficient (Wildman–Crippen LogP) is 3.96. The lowest BCUT2D eigenvalue weighted by atomic mass is 9.86. The van der Waals surface area contributed by atoms with Gasteiger partial charge in [0.15, 0.2) is 0 Å². The first kappa shape index (κ1) is 18.8. The summed E-state index contributed by atoms with van der Waals surface area (Å²) in [6.45, 7) is 4.65. The molecule has 2 aliphatic heterocycles. The molecular weight excluding hydrogens is 386 g/mol. The van der Waals surface area contributed by atoms with Crippen molar-refractivity contribution in [2.45, 2.75) is 18.4 Å². The minimum atomic E-state index is 0.000110. The second-order valence-corrected chi connectivity index (χ2v) is 8.41. The van der Waals surface area contributed by atoms with E-state index in [-0.39, 0.29) is 5.54 Å². The number of rotatable bonds is 5. The number of benzene rings is 2. The molecule has 3 aromatic rings. The monoisotopic (exact) mass is 411 g/mol. The molecule has 0 aliphatic carbocycles. The van der Waals surface area contributed by atoms with Gasteiger partial charge < -0.3 is 19.8 Å². The number of aromatic amines is 1. The molecule has 5 rings (SSSR count). The second-order valence-electron chi connectivity index (χ2n) is 7.98. The molecule has 1 unspecified atom stereocenters. The molecular formula is C23H26ClN3O2. The zero-order valence-corrected chi connectivity index (χ0v) is 17.4. The maximum absolute atomic E-state index is 5.94. The van der Waals surface area contributed by atoms with Crippen LogP contribution in [-0.4, -0.2) is 49.8 Å². The maximum Gasteiger partial charge on any atom is 0.119 e. The number of hydrogen-bond donors (Lipinski definition) is 2. The van der Waals surface area contributed by atoms with Crippen molar-refractivity contribution in [1.29, 1.82) is 0 Å². The largest absolute Gasteiger partial charge is 0.497 e. The van der Waals surface area contributed by atoms with E-state index in [1.54, 1.807) is 7.11 Å². The number of aromatic nitrogens is 1. The Balaban J connectivity index is 1.30. The van der Waals surface area contributed by atoms with Crippen LogP contribution < -0.4 is 14.8 Å². The van der Waals surface area contributed by atoms with Crippen LogP contribution in [0.2, 0.25) is 5.02 Å². The Kier molecular flexibility index (Phi) is 4.90. The van der Waals surface area contributed by atoms with E-state index in [4.69, 9.17) is 21.1 Å². The van der Waals surface area contributed by atoms with Gasteiger partial charge in [0.25, 0.3) is 0 Å². The van der Waals surface area contributed by atoms with Gasteiger partial charge in [0, 0.05) is 47.8 Å². The molecule has 29 heavy (non-hydrogen) atoms. The van der Waals surface area contributed by atoms with E-state index in [0.717, 1.165) is 55.5 Å². The summed E-state index contributed by atoms with van der Waals surface area (Å²) in [7, 11) is 1.73. The standard InChI is InChI=1S/C23H26ClN3O2/c1-28-18-6-7-21-20(14-18)19-8-10-25-23(22(19)26-21)9-11-27(15-23)12-13-29-17-4-2-16(24)3-5-17/h2-7,14,25-26H,8-13,15H2,1H3. The number of nitrogens with zero attached hydrogens (tertiary/aromatic N) is 1. The number of H-pyrrole nitrogens is 1. The highest BCUT2D eigenvalue weighted by Crippen LogP contribution is 2.40. The SMILES string of the molecule is COc1ccc2[nH]c3c(c2c1)CCNC31CCN(CCOc2ccc(Cl)cc2)C1. The van der Waals surface area contributed by atoms with Crippen LogP contribution in [0, 0.1) is 0 Å². The van der Waals surface area contributed by atoms with Gasteiger partial charge >= 0.3 is 0 Å². The number of methoxy groups -OCH3 is 1. The van der Waals surface area contributed by atoms with Crippen LogP contribution in [0.1, 0.15) is 17.7 Å². The fourth-order valence-electron chi connectivity index (χ4n) is 4.79. The summed E-state index contributed by atoms with van der Waals surface area (Å²) >= 11 is 5.94. The average Bonchev–Trinajstić information content (AvgIpc) is 3.32. The number of likely N-dealkylation sites (tertiary alicyclic amines) is 1. The van der Waals surface area contributed by atoms with E-state index in [9.17, 15) is 0 Å². The third kappa shape index (κ3) is 3.48. The zero-order chi connectivity index (χ0) is 19.8. The highest BCUT2D eigenvalue weighted by molar-refractivity contribution is 6.30. The fraction of sp³-hybridized carbons (Fsp3) is 0.391. The van der Waals surface area contributed by atoms with Crippen LogP contribution in [0.5, 0.6) is 11.5 Å². The normalized spacial score (nSPS) is 21.6. The third-order valence-corrected chi connectivity index (χ3v) is 6.52. The van der Waals surface area contributed by atoms with Crippen molar-refractivity contribution < 1.29 is 9.47 Å². The van der Waals surface area contributed by atoms with Crippen LogP contribution in [-0.2, 0) is 12.0 Å². The first-order valence-corrected chi connectivity index (χ1v) is 10.6. The Bertz CT molecular complexity index is 1020. The molecule has 0 amide bonds. The topological polar surface area (TPSA) is 49.5 Å². The summed E-state index contributed by atoms with van der Waals surface area (Å²) < 4.78 is 11.3. The van der Waals surface area contributed by atoms with Crippen molar-refractivity contribution in [3.8, 4) is 11.5 Å². The lowest BCUT2D eigenvalue weighted by molar-refractivity contribution is 0.218. The summed E-state index contributed by atoms with van der Waals surface area (Å²) in [5, 5.41) is 5.85. The molecule has 3 heterocycles. The lowest BCUT2D eigenvalue weighted by Gasteiger charge is -2.35. The van der Waals surface area contributed by atoms with Crippen LogP contribution in [0.15, 0.2) is 42.5 Å². The number of halogens is 1. The van der Waals surface area contributed by atoms with E-state index in [0.29, 0.717) is 6.61 Å². The number of ether oxygens (including phenoxy) is 2. The molecule has 1 fully saturated rings. The second kappa shape index (κ2) is 7.56. The summed E-state index contributed by atoms with van der Waals surface area (Å²) in [6, 6.07) is 13.9. The van der Waals surface area contributed by atoms with Gasteiger partial charge in [0.05, 0.1) is 12.6 Å². The van der Waals surface area contributed by atoms with Crippen molar-refractivity contribution in [1.82, 2.24) is 15.2 Å². The van der Waals surface area contributed by atoms with Gasteiger partial charge in [-0.2, -0.15) is 0 Å². The highest BCUT2D eigenvalue weighted by Gasteiger charge is 2.43. The molecule has 2 aliphatic rings. The predicted molar refractivity (Wildman–Crippen MR) is 116 cm³/mol. The van der Waals surface area contributed by atoms with Gasteiger partial charge in [0.2, 0.25) is 0 Å². The van der Waals surface area contributed by atoms with Gasteiger partial charge in [-0.15, -0.1) is 0 Å². The molecule has 0 bridgehead atoms. The number of fused-ring (bicyclic) bond motifs is 4. The summed E-state index contributed by atoms with van der Waals surface area (Å²) in [4.78, 5) is 6.21. The quantitative estimate of drug-likeness (QED) is 0.667. The third-order valence-electron chi connectivity index (χ3n) is 6.27. The molecule has 6 heteroatoms. The van der Waals surface area contributed by atoms with Crippen LogP contribution >= 0.6 is 11.6 Å². The average molecular weight is 412 g/mol. The molecule has 1 aromatic heterocycles.